The fourth-order valence-corrected chi connectivity index (χ4v) is 3.79. The number of aromatic nitrogens is 3. The molecule has 0 aliphatic carbocycles. The fourth-order valence-electron chi connectivity index (χ4n) is 3.47. The number of rotatable bonds is 5. The number of nitrogens with two attached hydrogens (primary N) is 1. The molecule has 1 aliphatic heterocycles. The van der Waals surface area contributed by atoms with Crippen LogP contribution in [0.4, 0.5) is 11.8 Å². The van der Waals surface area contributed by atoms with Crippen LogP contribution in [0.15, 0.2) is 6.20 Å². The number of amides is 1. The number of ether oxygens (including phenoxy) is 1. The lowest BCUT2D eigenvalue weighted by atomic mass is 10.0. The summed E-state index contributed by atoms with van der Waals surface area (Å²) in [5.74, 6) is 0.641. The van der Waals surface area contributed by atoms with Crippen LogP contribution in [0.3, 0.4) is 0 Å². The van der Waals surface area contributed by atoms with Gasteiger partial charge in [0.1, 0.15) is 16.7 Å². The third-order valence-electron chi connectivity index (χ3n) is 4.69. The van der Waals surface area contributed by atoms with Crippen molar-refractivity contribution in [3.63, 3.8) is 0 Å². The number of aryl methyl sites for hydroxylation is 1. The van der Waals surface area contributed by atoms with Crippen molar-refractivity contribution in [2.45, 2.75) is 32.7 Å². The molecule has 3 heterocycles. The van der Waals surface area contributed by atoms with E-state index in [1.165, 1.54) is 0 Å². The van der Waals surface area contributed by atoms with Crippen molar-refractivity contribution < 1.29 is 14.7 Å². The van der Waals surface area contributed by atoms with E-state index in [1.54, 1.807) is 18.8 Å². The first-order valence-corrected chi connectivity index (χ1v) is 8.73. The zero-order chi connectivity index (χ0) is 19.7. The summed E-state index contributed by atoms with van der Waals surface area (Å²) in [6.07, 6.45) is 1.81. The molecule has 10 heteroatoms. The number of fused-ring (bicyclic) bond motifs is 1. The number of hydrogen-bond acceptors (Lipinski definition) is 8. The summed E-state index contributed by atoms with van der Waals surface area (Å²) >= 11 is 6.28. The lowest BCUT2D eigenvalue weighted by Gasteiger charge is -2.21. The molecule has 1 unspecified atom stereocenters. The number of nitrogen functional groups attached to an aromatic ring is 1. The van der Waals surface area contributed by atoms with Crippen LogP contribution in [0.2, 0.25) is 5.15 Å². The molecule has 144 valence electrons. The first kappa shape index (κ1) is 19.1. The van der Waals surface area contributed by atoms with Crippen molar-refractivity contribution in [2.24, 2.45) is 0 Å². The van der Waals surface area contributed by atoms with E-state index >= 15 is 0 Å². The van der Waals surface area contributed by atoms with E-state index in [1.807, 2.05) is 18.7 Å². The topological polar surface area (TPSA) is 126 Å². The molecular formula is C17H21ClN6O3. The summed E-state index contributed by atoms with van der Waals surface area (Å²) in [6, 6.07) is 0. The molecule has 0 saturated heterocycles. The first-order chi connectivity index (χ1) is 12.8. The van der Waals surface area contributed by atoms with Crippen LogP contribution in [0.5, 0.6) is 5.75 Å². The molecule has 2 aromatic heterocycles. The van der Waals surface area contributed by atoms with Crippen LogP contribution in [0, 0.1) is 13.8 Å². The highest BCUT2D eigenvalue weighted by atomic mass is 35.5. The Morgan fingerprint density at radius 2 is 2.22 bits per heavy atom. The third kappa shape index (κ3) is 3.60. The van der Waals surface area contributed by atoms with Crippen LogP contribution in [0.1, 0.15) is 34.7 Å². The lowest BCUT2D eigenvalue weighted by molar-refractivity contribution is -0.129. The number of carbonyl (C=O) groups is 1. The maximum atomic E-state index is 11.7. The van der Waals surface area contributed by atoms with Crippen molar-refractivity contribution in [1.82, 2.24) is 20.4 Å². The summed E-state index contributed by atoms with van der Waals surface area (Å²) in [5, 5.41) is 9.07. The van der Waals surface area contributed by atoms with Gasteiger partial charge in [-0.15, -0.1) is 0 Å². The second kappa shape index (κ2) is 7.53. The van der Waals surface area contributed by atoms with Crippen LogP contribution in [0.25, 0.3) is 0 Å². The predicted octanol–water partition coefficient (Wildman–Crippen LogP) is 1.73. The molecule has 9 nitrogen and oxygen atoms in total. The molecule has 0 radical (unpaired) electrons. The summed E-state index contributed by atoms with van der Waals surface area (Å²) in [6.45, 7) is 4.80. The van der Waals surface area contributed by atoms with Gasteiger partial charge in [0, 0.05) is 41.8 Å². The average Bonchev–Trinajstić information content (AvgIpc) is 2.95. The molecule has 1 aliphatic rings. The number of nitrogens with zero attached hydrogens (tertiary/aromatic N) is 4. The van der Waals surface area contributed by atoms with Crippen molar-refractivity contribution in [3.05, 3.63) is 33.7 Å². The quantitative estimate of drug-likeness (QED) is 0.399. The van der Waals surface area contributed by atoms with E-state index in [2.05, 4.69) is 15.0 Å². The Bertz CT molecular complexity index is 891. The molecule has 3 rings (SSSR count). The highest BCUT2D eigenvalue weighted by molar-refractivity contribution is 6.30. The van der Waals surface area contributed by atoms with E-state index in [-0.39, 0.29) is 23.4 Å². The highest BCUT2D eigenvalue weighted by Crippen LogP contribution is 2.41. The number of halogens is 1. The van der Waals surface area contributed by atoms with Crippen LogP contribution < -0.4 is 20.9 Å². The van der Waals surface area contributed by atoms with Crippen LogP contribution >= 0.6 is 11.6 Å². The summed E-state index contributed by atoms with van der Waals surface area (Å²) in [7, 11) is 1.63. The minimum absolute atomic E-state index is 0.0522. The number of nitrogens with one attached hydrogen (secondary N) is 1. The van der Waals surface area contributed by atoms with Crippen molar-refractivity contribution in [2.75, 3.05) is 24.3 Å². The Morgan fingerprint density at radius 3 is 2.89 bits per heavy atom. The maximum absolute atomic E-state index is 11.7. The van der Waals surface area contributed by atoms with E-state index in [4.69, 9.17) is 27.3 Å². The third-order valence-corrected chi connectivity index (χ3v) is 4.98. The minimum atomic E-state index is -0.507. The van der Waals surface area contributed by atoms with Gasteiger partial charge < -0.3 is 15.4 Å². The largest absolute Gasteiger partial charge is 0.496 e. The predicted molar refractivity (Wildman–Crippen MR) is 100 cm³/mol. The molecule has 0 spiro atoms. The molecule has 27 heavy (non-hydrogen) atoms. The fraction of sp³-hybridized carbons (Fsp3) is 0.412. The lowest BCUT2D eigenvalue weighted by Crippen LogP contribution is -2.26. The second-order valence-corrected chi connectivity index (χ2v) is 6.83. The molecular weight excluding hydrogens is 372 g/mol. The van der Waals surface area contributed by atoms with Gasteiger partial charge >= 0.3 is 0 Å². The van der Waals surface area contributed by atoms with Crippen molar-refractivity contribution in [3.8, 4) is 5.75 Å². The Labute approximate surface area is 161 Å². The highest BCUT2D eigenvalue weighted by Gasteiger charge is 2.35. The van der Waals surface area contributed by atoms with Gasteiger partial charge in [0.15, 0.2) is 0 Å². The molecule has 1 amide bonds. The van der Waals surface area contributed by atoms with Crippen LogP contribution in [-0.2, 0) is 11.3 Å². The number of pyridine rings is 1. The minimum Gasteiger partial charge on any atom is -0.496 e. The SMILES string of the molecule is COc1c(C)cnc(CN2CC(CC(=O)NO)c3c(Cl)nc(N)nc32)c1C. The van der Waals surface area contributed by atoms with Crippen LogP contribution in [-0.4, -0.2) is 39.7 Å². The zero-order valence-electron chi connectivity index (χ0n) is 15.3. The molecule has 1 atom stereocenters. The Balaban J connectivity index is 1.97. The Hall–Kier alpha value is -2.65. The van der Waals surface area contributed by atoms with E-state index in [9.17, 15) is 4.79 Å². The first-order valence-electron chi connectivity index (χ1n) is 8.35. The number of carbonyl (C=O) groups excluding carboxylic acids is 1. The maximum Gasteiger partial charge on any atom is 0.244 e. The Kier molecular flexibility index (Phi) is 5.33. The van der Waals surface area contributed by atoms with Crippen molar-refractivity contribution in [1.29, 1.82) is 0 Å². The smallest absolute Gasteiger partial charge is 0.244 e. The van der Waals surface area contributed by atoms with Gasteiger partial charge in [-0.1, -0.05) is 11.6 Å². The standard InChI is InChI=1S/C17H21ClN6O3/c1-8-5-20-11(9(2)14(8)27-3)7-24-6-10(4-12(25)23-26)13-15(18)21-17(19)22-16(13)24/h5,10,26H,4,6-7H2,1-3H3,(H,23,25)(H2,19,21,22). The van der Waals surface area contributed by atoms with E-state index < -0.39 is 5.91 Å². The number of hydrogen-bond donors (Lipinski definition) is 3. The summed E-state index contributed by atoms with van der Waals surface area (Å²) < 4.78 is 5.47. The summed E-state index contributed by atoms with van der Waals surface area (Å²) in [5.41, 5.74) is 10.8. The van der Waals surface area contributed by atoms with Gasteiger partial charge in [0.05, 0.1) is 19.3 Å². The molecule has 0 saturated carbocycles. The van der Waals surface area contributed by atoms with Gasteiger partial charge in [-0.2, -0.15) is 4.98 Å². The molecule has 0 aromatic carbocycles. The average molecular weight is 393 g/mol. The van der Waals surface area contributed by atoms with Gasteiger partial charge in [0.25, 0.3) is 0 Å². The molecule has 0 fully saturated rings. The van der Waals surface area contributed by atoms with Gasteiger partial charge in [-0.3, -0.25) is 15.0 Å². The number of hydroxylamine groups is 1. The normalized spacial score (nSPS) is 15.6. The van der Waals surface area contributed by atoms with Crippen molar-refractivity contribution >= 4 is 29.3 Å². The summed E-state index contributed by atoms with van der Waals surface area (Å²) in [4.78, 5) is 26.5. The molecule has 2 aromatic rings. The zero-order valence-corrected chi connectivity index (χ0v) is 16.0. The molecule has 4 N–H and O–H groups in total. The van der Waals surface area contributed by atoms with Gasteiger partial charge in [-0.05, 0) is 13.8 Å². The monoisotopic (exact) mass is 392 g/mol. The van der Waals surface area contributed by atoms with Gasteiger partial charge in [-0.25, -0.2) is 10.5 Å². The van der Waals surface area contributed by atoms with E-state index in [0.29, 0.717) is 24.5 Å². The second-order valence-electron chi connectivity index (χ2n) is 6.47. The van der Waals surface area contributed by atoms with E-state index in [0.717, 1.165) is 22.6 Å². The number of anilines is 2. The Morgan fingerprint density at radius 1 is 1.48 bits per heavy atom. The molecule has 0 bridgehead atoms. The van der Waals surface area contributed by atoms with Gasteiger partial charge in [0.2, 0.25) is 11.9 Å². The number of methoxy groups -OCH3 is 1.